The third-order valence-electron chi connectivity index (χ3n) is 7.08. The van der Waals surface area contributed by atoms with Crippen LogP contribution in [0.2, 0.25) is 0 Å². The minimum absolute atomic E-state index is 0.137. The molecule has 10 heteroatoms. The predicted molar refractivity (Wildman–Crippen MR) is 165 cm³/mol. The lowest BCUT2D eigenvalue weighted by molar-refractivity contribution is -0.138. The highest BCUT2D eigenvalue weighted by molar-refractivity contribution is 7.07. The minimum atomic E-state index is -1.04. The molecule has 1 atom stereocenters. The smallest absolute Gasteiger partial charge is 0.338 e. The predicted octanol–water partition coefficient (Wildman–Crippen LogP) is 4.90. The normalized spacial score (nSPS) is 14.6. The molecule has 220 valence electrons. The average Bonchev–Trinajstić information content (AvgIpc) is 3.64. The number of thiazole rings is 1. The zero-order valence-corrected chi connectivity index (χ0v) is 24.5. The van der Waals surface area contributed by atoms with Crippen LogP contribution in [-0.4, -0.2) is 35.3 Å². The number of rotatable bonds is 8. The number of nitrogens with zero attached hydrogens (tertiary/aromatic N) is 2. The molecule has 3 aromatic carbocycles. The number of aromatic carboxylic acids is 1. The van der Waals surface area contributed by atoms with Crippen molar-refractivity contribution < 1.29 is 28.6 Å². The number of ether oxygens (including phenoxy) is 2. The first-order chi connectivity index (χ1) is 21.4. The number of carboxylic acid groups (broad SMARTS) is 1. The first kappa shape index (κ1) is 28.6. The van der Waals surface area contributed by atoms with E-state index >= 15 is 0 Å². The zero-order chi connectivity index (χ0) is 30.8. The lowest BCUT2D eigenvalue weighted by Gasteiger charge is -2.26. The maximum atomic E-state index is 14.1. The van der Waals surface area contributed by atoms with Crippen molar-refractivity contribution in [1.29, 1.82) is 0 Å². The first-order valence-electron chi connectivity index (χ1n) is 13.7. The number of fused-ring (bicyclic) bond motifs is 1. The van der Waals surface area contributed by atoms with E-state index in [1.165, 1.54) is 28.0 Å². The van der Waals surface area contributed by atoms with Crippen LogP contribution < -0.4 is 19.6 Å². The van der Waals surface area contributed by atoms with Crippen LogP contribution in [0.15, 0.2) is 111 Å². The van der Waals surface area contributed by atoms with Crippen molar-refractivity contribution in [3.8, 4) is 17.1 Å². The Hall–Kier alpha value is -5.48. The summed E-state index contributed by atoms with van der Waals surface area (Å²) in [5.41, 5.74) is 2.39. The van der Waals surface area contributed by atoms with Crippen LogP contribution in [0.3, 0.4) is 0 Å². The summed E-state index contributed by atoms with van der Waals surface area (Å²) in [6, 6.07) is 25.5. The number of esters is 1. The van der Waals surface area contributed by atoms with Crippen molar-refractivity contribution in [3.63, 3.8) is 0 Å². The molecule has 0 saturated heterocycles. The molecule has 0 fully saturated rings. The van der Waals surface area contributed by atoms with Crippen molar-refractivity contribution >= 4 is 35.0 Å². The van der Waals surface area contributed by atoms with Crippen LogP contribution in [0.5, 0.6) is 5.75 Å². The fourth-order valence-electron chi connectivity index (χ4n) is 5.09. The Morgan fingerprint density at radius 2 is 1.77 bits per heavy atom. The van der Waals surface area contributed by atoms with Crippen LogP contribution in [0, 0.1) is 0 Å². The van der Waals surface area contributed by atoms with Gasteiger partial charge in [0.2, 0.25) is 0 Å². The van der Waals surface area contributed by atoms with Gasteiger partial charge in [-0.15, -0.1) is 0 Å². The molecule has 6 rings (SSSR count). The molecule has 0 radical (unpaired) electrons. The number of benzene rings is 3. The quantitative estimate of drug-likeness (QED) is 0.250. The zero-order valence-electron chi connectivity index (χ0n) is 23.7. The SMILES string of the molecule is CCOC(=O)C1=C(c2ccccc2)N=c2sc(=Cc3ccc(-c4cccc(C(=O)O)c4)o3)c(=O)n2C1c1cccc(OC)c1. The van der Waals surface area contributed by atoms with Crippen LogP contribution in [0.25, 0.3) is 23.1 Å². The van der Waals surface area contributed by atoms with Gasteiger partial charge in [0.25, 0.3) is 5.56 Å². The van der Waals surface area contributed by atoms with Crippen molar-refractivity contribution in [3.05, 3.63) is 139 Å². The van der Waals surface area contributed by atoms with E-state index in [1.54, 1.807) is 62.6 Å². The second kappa shape index (κ2) is 12.0. The Morgan fingerprint density at radius 1 is 1.00 bits per heavy atom. The second-order valence-electron chi connectivity index (χ2n) is 9.80. The van der Waals surface area contributed by atoms with E-state index in [0.29, 0.717) is 49.0 Å². The van der Waals surface area contributed by atoms with Crippen molar-refractivity contribution in [1.82, 2.24) is 4.57 Å². The van der Waals surface area contributed by atoms with Gasteiger partial charge in [-0.05, 0) is 48.9 Å². The summed E-state index contributed by atoms with van der Waals surface area (Å²) in [5.74, 6) is -0.186. The van der Waals surface area contributed by atoms with E-state index in [4.69, 9.17) is 18.9 Å². The van der Waals surface area contributed by atoms with Gasteiger partial charge in [0, 0.05) is 17.2 Å². The Balaban J connectivity index is 1.55. The average molecular weight is 607 g/mol. The highest BCUT2D eigenvalue weighted by Crippen LogP contribution is 2.36. The monoisotopic (exact) mass is 606 g/mol. The van der Waals surface area contributed by atoms with E-state index in [9.17, 15) is 19.5 Å². The summed E-state index contributed by atoms with van der Waals surface area (Å²) < 4.78 is 18.8. The first-order valence-corrected chi connectivity index (χ1v) is 14.6. The molecule has 0 amide bonds. The highest BCUT2D eigenvalue weighted by atomic mass is 32.1. The number of aromatic nitrogens is 1. The van der Waals surface area contributed by atoms with Crippen LogP contribution >= 0.6 is 11.3 Å². The Bertz CT molecular complexity index is 2100. The molecule has 1 N–H and O–H groups in total. The van der Waals surface area contributed by atoms with E-state index < -0.39 is 18.0 Å². The molecule has 44 heavy (non-hydrogen) atoms. The molecule has 9 nitrogen and oxygen atoms in total. The largest absolute Gasteiger partial charge is 0.497 e. The molecule has 0 aliphatic carbocycles. The maximum Gasteiger partial charge on any atom is 0.338 e. The van der Waals surface area contributed by atoms with Gasteiger partial charge in [0.15, 0.2) is 4.80 Å². The molecule has 1 unspecified atom stereocenters. The summed E-state index contributed by atoms with van der Waals surface area (Å²) >= 11 is 1.18. The van der Waals surface area contributed by atoms with Crippen molar-refractivity contribution in [2.24, 2.45) is 4.99 Å². The van der Waals surface area contributed by atoms with Crippen molar-refractivity contribution in [2.45, 2.75) is 13.0 Å². The molecule has 3 heterocycles. The molecule has 0 bridgehead atoms. The minimum Gasteiger partial charge on any atom is -0.497 e. The fraction of sp³-hybridized carbons (Fsp3) is 0.118. The Labute approximate surface area is 255 Å². The standard InChI is InChI=1S/C34H26N2O7S/c1-3-42-33(40)28-29(20-9-5-4-6-10-20)35-34-36(30(28)22-12-8-14-24(18-22)41-2)31(37)27(44-34)19-25-15-16-26(43-25)21-11-7-13-23(17-21)32(38)39/h4-19,30H,3H2,1-2H3,(H,38,39). The molecule has 2 aromatic heterocycles. The Morgan fingerprint density at radius 3 is 2.52 bits per heavy atom. The van der Waals surface area contributed by atoms with Crippen molar-refractivity contribution in [2.75, 3.05) is 13.7 Å². The van der Waals surface area contributed by atoms with Crippen LogP contribution in [0.1, 0.15) is 40.2 Å². The van der Waals surface area contributed by atoms with E-state index in [-0.39, 0.29) is 23.3 Å². The second-order valence-corrected chi connectivity index (χ2v) is 10.8. The molecule has 0 saturated carbocycles. The van der Waals surface area contributed by atoms with E-state index in [0.717, 1.165) is 0 Å². The Kier molecular flexibility index (Phi) is 7.82. The molecule has 1 aliphatic rings. The van der Waals surface area contributed by atoms with Gasteiger partial charge in [0.05, 0.1) is 41.1 Å². The molecule has 1 aliphatic heterocycles. The lowest BCUT2D eigenvalue weighted by Crippen LogP contribution is -2.40. The topological polar surface area (TPSA) is 120 Å². The molecule has 0 spiro atoms. The summed E-state index contributed by atoms with van der Waals surface area (Å²) in [6.07, 6.45) is 1.62. The number of carboxylic acids is 1. The number of furan rings is 1. The summed E-state index contributed by atoms with van der Waals surface area (Å²) in [4.78, 5) is 44.4. The van der Waals surface area contributed by atoms with Gasteiger partial charge in [-0.2, -0.15) is 0 Å². The van der Waals surface area contributed by atoms with Gasteiger partial charge in [0.1, 0.15) is 17.3 Å². The number of carbonyl (C=O) groups excluding carboxylic acids is 1. The molecular formula is C34H26N2O7S. The molecular weight excluding hydrogens is 580 g/mol. The fourth-order valence-corrected chi connectivity index (χ4v) is 6.07. The van der Waals surface area contributed by atoms with Gasteiger partial charge in [-0.25, -0.2) is 14.6 Å². The highest BCUT2D eigenvalue weighted by Gasteiger charge is 2.35. The third-order valence-corrected chi connectivity index (χ3v) is 8.06. The summed E-state index contributed by atoms with van der Waals surface area (Å²) in [7, 11) is 1.55. The van der Waals surface area contributed by atoms with Crippen LogP contribution in [-0.2, 0) is 9.53 Å². The maximum absolute atomic E-state index is 14.1. The van der Waals surface area contributed by atoms with Gasteiger partial charge in [-0.3, -0.25) is 9.36 Å². The van der Waals surface area contributed by atoms with Gasteiger partial charge >= 0.3 is 11.9 Å². The number of hydrogen-bond donors (Lipinski definition) is 1. The van der Waals surface area contributed by atoms with Crippen LogP contribution in [0.4, 0.5) is 0 Å². The molecule has 5 aromatic rings. The lowest BCUT2D eigenvalue weighted by atomic mass is 9.93. The summed E-state index contributed by atoms with van der Waals surface area (Å²) in [5, 5.41) is 9.35. The number of carbonyl (C=O) groups is 2. The van der Waals surface area contributed by atoms with Gasteiger partial charge in [-0.1, -0.05) is 65.9 Å². The van der Waals surface area contributed by atoms with E-state index in [1.807, 2.05) is 36.4 Å². The van der Waals surface area contributed by atoms with Gasteiger partial charge < -0.3 is 19.0 Å². The third kappa shape index (κ3) is 5.38. The number of methoxy groups -OCH3 is 1. The van der Waals surface area contributed by atoms with E-state index in [2.05, 4.69) is 0 Å². The summed E-state index contributed by atoms with van der Waals surface area (Å²) in [6.45, 7) is 1.88. The number of hydrogen-bond acceptors (Lipinski definition) is 8.